The Balaban J connectivity index is 1.58. The van der Waals surface area contributed by atoms with E-state index in [1.165, 1.54) is 44.6 Å². The van der Waals surface area contributed by atoms with Crippen molar-refractivity contribution >= 4 is 18.1 Å². The minimum atomic E-state index is -0.278. The number of rotatable bonds is 17. The molecule has 0 saturated heterocycles. The van der Waals surface area contributed by atoms with E-state index < -0.39 is 0 Å². The van der Waals surface area contributed by atoms with E-state index in [1.807, 2.05) is 12.2 Å². The Morgan fingerprint density at radius 3 is 2.08 bits per heavy atom. The first-order chi connectivity index (χ1) is 17.6. The monoisotopic (exact) mass is 490 g/mol. The molecule has 0 aliphatic rings. The molecule has 2 rings (SSSR count). The van der Waals surface area contributed by atoms with Gasteiger partial charge in [0.25, 0.3) is 0 Å². The summed E-state index contributed by atoms with van der Waals surface area (Å²) in [6, 6.07) is 11.6. The van der Waals surface area contributed by atoms with E-state index >= 15 is 0 Å². The van der Waals surface area contributed by atoms with Crippen molar-refractivity contribution in [1.29, 1.82) is 0 Å². The summed E-state index contributed by atoms with van der Waals surface area (Å²) in [7, 11) is 0. The average molecular weight is 491 g/mol. The summed E-state index contributed by atoms with van der Waals surface area (Å²) in [6.45, 7) is 2.23. The summed E-state index contributed by atoms with van der Waals surface area (Å²) in [5, 5.41) is 19.4. The van der Waals surface area contributed by atoms with E-state index in [9.17, 15) is 15.0 Å². The zero-order chi connectivity index (χ0) is 25.8. The maximum atomic E-state index is 12.2. The SMILES string of the molecule is CCCCC/C=C/C/C=C/CCCCCCCC(=O)Oc1cc(O)cc(/C=C/c2ccc(O)cc2)c1. The van der Waals surface area contributed by atoms with E-state index in [4.69, 9.17) is 4.74 Å². The van der Waals surface area contributed by atoms with Gasteiger partial charge in [0.2, 0.25) is 0 Å². The number of ether oxygens (including phenoxy) is 1. The average Bonchev–Trinajstić information content (AvgIpc) is 2.85. The third kappa shape index (κ3) is 13.6. The summed E-state index contributed by atoms with van der Waals surface area (Å²) in [4.78, 5) is 12.2. The number of phenols is 2. The normalized spacial score (nSPS) is 11.7. The maximum Gasteiger partial charge on any atom is 0.311 e. The van der Waals surface area contributed by atoms with Crippen LogP contribution < -0.4 is 4.74 Å². The number of carbonyl (C=O) groups is 1. The van der Waals surface area contributed by atoms with Gasteiger partial charge in [0.15, 0.2) is 0 Å². The van der Waals surface area contributed by atoms with E-state index in [0.29, 0.717) is 12.2 Å². The third-order valence-electron chi connectivity index (χ3n) is 5.84. The Hall–Kier alpha value is -3.27. The molecule has 0 saturated carbocycles. The molecule has 0 aromatic heterocycles. The molecule has 2 aromatic rings. The van der Waals surface area contributed by atoms with Gasteiger partial charge in [0.05, 0.1) is 0 Å². The second-order valence-corrected chi connectivity index (χ2v) is 9.14. The fourth-order valence-corrected chi connectivity index (χ4v) is 3.80. The standard InChI is InChI=1S/C32H42O4/c1-2-3-4-5-6-7-8-9-10-11-12-13-14-15-16-17-32(35)36-31-25-28(24-30(34)26-31)19-18-27-20-22-29(33)23-21-27/h6-7,9-10,18-26,33-34H,2-5,8,11-17H2,1H3/b7-6+,10-9+,19-18+. The van der Waals surface area contributed by atoms with Crippen LogP contribution >= 0.6 is 0 Å². The molecule has 0 atom stereocenters. The lowest BCUT2D eigenvalue weighted by molar-refractivity contribution is -0.134. The predicted molar refractivity (Wildman–Crippen MR) is 150 cm³/mol. The highest BCUT2D eigenvalue weighted by atomic mass is 16.5. The second kappa shape index (κ2) is 18.1. The lowest BCUT2D eigenvalue weighted by Crippen LogP contribution is -2.07. The van der Waals surface area contributed by atoms with E-state index in [2.05, 4.69) is 31.2 Å². The summed E-state index contributed by atoms with van der Waals surface area (Å²) >= 11 is 0. The highest BCUT2D eigenvalue weighted by Crippen LogP contribution is 2.24. The van der Waals surface area contributed by atoms with Crippen LogP contribution in [0.2, 0.25) is 0 Å². The number of phenolic OH excluding ortho intramolecular Hbond substituents is 2. The van der Waals surface area contributed by atoms with Crippen LogP contribution in [0.5, 0.6) is 17.2 Å². The molecule has 4 heteroatoms. The second-order valence-electron chi connectivity index (χ2n) is 9.14. The van der Waals surface area contributed by atoms with Gasteiger partial charge in [0, 0.05) is 12.5 Å². The van der Waals surface area contributed by atoms with Crippen LogP contribution in [-0.2, 0) is 4.79 Å². The maximum absolute atomic E-state index is 12.2. The quantitative estimate of drug-likeness (QED) is 0.0763. The number of carbonyl (C=O) groups excluding carboxylic acids is 1. The molecular weight excluding hydrogens is 448 g/mol. The van der Waals surface area contributed by atoms with Gasteiger partial charge < -0.3 is 14.9 Å². The van der Waals surface area contributed by atoms with Gasteiger partial charge in [-0.05, 0) is 73.9 Å². The molecule has 0 amide bonds. The van der Waals surface area contributed by atoms with Crippen molar-refractivity contribution in [2.45, 2.75) is 84.0 Å². The van der Waals surface area contributed by atoms with Crippen LogP contribution in [0.4, 0.5) is 0 Å². The van der Waals surface area contributed by atoms with Crippen molar-refractivity contribution < 1.29 is 19.7 Å². The number of hydrogen-bond donors (Lipinski definition) is 2. The Bertz CT molecular complexity index is 970. The Kier molecular flexibility index (Phi) is 14.5. The molecule has 0 aliphatic heterocycles. The molecule has 36 heavy (non-hydrogen) atoms. The topological polar surface area (TPSA) is 66.8 Å². The molecule has 4 nitrogen and oxygen atoms in total. The Labute approximate surface area is 217 Å². The summed E-state index contributed by atoms with van der Waals surface area (Å²) < 4.78 is 5.44. The summed E-state index contributed by atoms with van der Waals surface area (Å²) in [6.07, 6.45) is 25.7. The van der Waals surface area contributed by atoms with Crippen molar-refractivity contribution in [3.63, 3.8) is 0 Å². The molecule has 0 spiro atoms. The van der Waals surface area contributed by atoms with Gasteiger partial charge >= 0.3 is 5.97 Å². The molecule has 0 radical (unpaired) electrons. The van der Waals surface area contributed by atoms with Gasteiger partial charge in [0.1, 0.15) is 17.2 Å². The lowest BCUT2D eigenvalue weighted by Gasteiger charge is -2.06. The first-order valence-electron chi connectivity index (χ1n) is 13.4. The number of unbranched alkanes of at least 4 members (excludes halogenated alkanes) is 8. The van der Waals surface area contributed by atoms with Crippen LogP contribution in [0, 0.1) is 0 Å². The lowest BCUT2D eigenvalue weighted by atomic mass is 10.1. The predicted octanol–water partition coefficient (Wildman–Crippen LogP) is 8.99. The summed E-state index contributed by atoms with van der Waals surface area (Å²) in [5.74, 6) is 0.318. The van der Waals surface area contributed by atoms with Crippen LogP contribution in [0.1, 0.15) is 95.1 Å². The number of allylic oxidation sites excluding steroid dienone is 4. The van der Waals surface area contributed by atoms with Gasteiger partial charge in [-0.2, -0.15) is 0 Å². The first-order valence-corrected chi connectivity index (χ1v) is 13.4. The van der Waals surface area contributed by atoms with Gasteiger partial charge in [-0.1, -0.05) is 87.6 Å². The minimum Gasteiger partial charge on any atom is -0.508 e. The highest BCUT2D eigenvalue weighted by molar-refractivity contribution is 5.74. The van der Waals surface area contributed by atoms with E-state index in [1.54, 1.807) is 36.4 Å². The van der Waals surface area contributed by atoms with Crippen molar-refractivity contribution in [2.75, 3.05) is 0 Å². The molecule has 194 valence electrons. The van der Waals surface area contributed by atoms with E-state index in [0.717, 1.165) is 43.2 Å². The zero-order valence-corrected chi connectivity index (χ0v) is 21.7. The molecule has 0 heterocycles. The first kappa shape index (κ1) is 29.0. The van der Waals surface area contributed by atoms with Gasteiger partial charge in [-0.25, -0.2) is 0 Å². The smallest absolute Gasteiger partial charge is 0.311 e. The van der Waals surface area contributed by atoms with Crippen molar-refractivity contribution in [3.8, 4) is 17.2 Å². The van der Waals surface area contributed by atoms with Crippen LogP contribution in [0.3, 0.4) is 0 Å². The Morgan fingerprint density at radius 1 is 0.722 bits per heavy atom. The third-order valence-corrected chi connectivity index (χ3v) is 5.84. The largest absolute Gasteiger partial charge is 0.508 e. The fraction of sp³-hybridized carbons (Fsp3) is 0.406. The summed E-state index contributed by atoms with van der Waals surface area (Å²) in [5.41, 5.74) is 1.64. The van der Waals surface area contributed by atoms with Crippen molar-refractivity contribution in [3.05, 3.63) is 77.9 Å². The van der Waals surface area contributed by atoms with Gasteiger partial charge in [-0.3, -0.25) is 4.79 Å². The molecule has 0 bridgehead atoms. The van der Waals surface area contributed by atoms with Crippen LogP contribution in [0.15, 0.2) is 66.8 Å². The molecule has 0 fully saturated rings. The molecule has 0 unspecified atom stereocenters. The Morgan fingerprint density at radius 2 is 1.36 bits per heavy atom. The van der Waals surface area contributed by atoms with E-state index in [-0.39, 0.29) is 17.5 Å². The molecule has 2 N–H and O–H groups in total. The van der Waals surface area contributed by atoms with Gasteiger partial charge in [-0.15, -0.1) is 0 Å². The minimum absolute atomic E-state index is 0.0442. The number of benzene rings is 2. The van der Waals surface area contributed by atoms with Crippen molar-refractivity contribution in [2.24, 2.45) is 0 Å². The number of hydrogen-bond acceptors (Lipinski definition) is 4. The van der Waals surface area contributed by atoms with Crippen LogP contribution in [-0.4, -0.2) is 16.2 Å². The van der Waals surface area contributed by atoms with Crippen LogP contribution in [0.25, 0.3) is 12.2 Å². The zero-order valence-electron chi connectivity index (χ0n) is 21.7. The number of esters is 1. The molecule has 0 aliphatic carbocycles. The highest BCUT2D eigenvalue weighted by Gasteiger charge is 2.07. The number of aromatic hydroxyl groups is 2. The van der Waals surface area contributed by atoms with Crippen molar-refractivity contribution in [1.82, 2.24) is 0 Å². The fourth-order valence-electron chi connectivity index (χ4n) is 3.80. The molecular formula is C32H42O4. The molecule has 2 aromatic carbocycles.